The Labute approximate surface area is 113 Å². The lowest BCUT2D eigenvalue weighted by Crippen LogP contribution is -2.43. The number of β-amino-alcohol motifs (C(OH)–C–C–N with tert-alkyl or cyclic N) is 1. The van der Waals surface area contributed by atoms with Crippen LogP contribution in [0.1, 0.15) is 12.5 Å². The van der Waals surface area contributed by atoms with Crippen LogP contribution < -0.4 is 4.90 Å². The average Bonchev–Trinajstić information content (AvgIpc) is 2.74. The maximum absolute atomic E-state index is 11.8. The Bertz CT molecular complexity index is 534. The lowest BCUT2D eigenvalue weighted by molar-refractivity contribution is -0.122. The van der Waals surface area contributed by atoms with Gasteiger partial charge in [-0.05, 0) is 31.2 Å². The summed E-state index contributed by atoms with van der Waals surface area (Å²) in [7, 11) is 0. The third-order valence-corrected chi connectivity index (χ3v) is 4.49. The highest BCUT2D eigenvalue weighted by atomic mass is 16.3. The van der Waals surface area contributed by atoms with Crippen LogP contribution in [0.5, 0.6) is 0 Å². The van der Waals surface area contributed by atoms with E-state index in [1.54, 1.807) is 12.2 Å². The molecule has 3 unspecified atom stereocenters. The molecule has 1 aromatic rings. The van der Waals surface area contributed by atoms with Gasteiger partial charge in [-0.1, -0.05) is 24.6 Å². The zero-order valence-corrected chi connectivity index (χ0v) is 11.3. The van der Waals surface area contributed by atoms with Crippen molar-refractivity contribution >= 4 is 11.5 Å². The van der Waals surface area contributed by atoms with E-state index >= 15 is 0 Å². The number of allylic oxidation sites excluding steroid dienone is 1. The lowest BCUT2D eigenvalue weighted by Gasteiger charge is -2.32. The minimum Gasteiger partial charge on any atom is -0.384 e. The van der Waals surface area contributed by atoms with E-state index in [9.17, 15) is 9.90 Å². The maximum Gasteiger partial charge on any atom is 0.158 e. The van der Waals surface area contributed by atoms with Crippen LogP contribution in [-0.2, 0) is 4.79 Å². The Kier molecular flexibility index (Phi) is 2.75. The van der Waals surface area contributed by atoms with Crippen LogP contribution in [0, 0.1) is 18.8 Å². The number of carbonyl (C=O) groups excluding carboxylic acids is 1. The molecule has 1 saturated heterocycles. The van der Waals surface area contributed by atoms with E-state index < -0.39 is 5.60 Å². The number of nitrogens with zero attached hydrogens (tertiary/aromatic N) is 1. The number of carbonyl (C=O) groups is 1. The summed E-state index contributed by atoms with van der Waals surface area (Å²) in [5.74, 6) is 0.0113. The summed E-state index contributed by atoms with van der Waals surface area (Å²) in [6.45, 7) is 5.27. The summed E-state index contributed by atoms with van der Waals surface area (Å²) in [6.07, 6.45) is 3.23. The van der Waals surface area contributed by atoms with Gasteiger partial charge in [-0.2, -0.15) is 0 Å². The van der Waals surface area contributed by atoms with E-state index in [-0.39, 0.29) is 17.6 Å². The molecule has 3 heteroatoms. The summed E-state index contributed by atoms with van der Waals surface area (Å²) < 4.78 is 0. The zero-order valence-electron chi connectivity index (χ0n) is 11.3. The Morgan fingerprint density at radius 3 is 2.68 bits per heavy atom. The highest BCUT2D eigenvalue weighted by molar-refractivity contribution is 5.93. The van der Waals surface area contributed by atoms with Gasteiger partial charge in [0.05, 0.1) is 6.54 Å². The van der Waals surface area contributed by atoms with Crippen molar-refractivity contribution < 1.29 is 9.90 Å². The molecular weight excluding hydrogens is 238 g/mol. The number of fused-ring (bicyclic) bond motifs is 1. The minimum absolute atomic E-state index is 0.00805. The van der Waals surface area contributed by atoms with Crippen molar-refractivity contribution in [2.45, 2.75) is 19.4 Å². The largest absolute Gasteiger partial charge is 0.384 e. The first-order chi connectivity index (χ1) is 8.99. The van der Waals surface area contributed by atoms with Crippen LogP contribution in [0.2, 0.25) is 0 Å². The number of ketones is 1. The standard InChI is InChI=1S/C16H19NO2/c1-11-3-5-13(6-4-11)17-9-14-12(2)15(18)7-8-16(14,19)10-17/h3-8,12,14,19H,9-10H2,1-2H3. The molecule has 1 aromatic carbocycles. The van der Waals surface area contributed by atoms with Gasteiger partial charge in [-0.25, -0.2) is 0 Å². The Hall–Kier alpha value is -1.61. The summed E-state index contributed by atoms with van der Waals surface area (Å²) >= 11 is 0. The first-order valence-electron chi connectivity index (χ1n) is 6.77. The zero-order chi connectivity index (χ0) is 13.6. The number of hydrogen-bond donors (Lipinski definition) is 1. The molecule has 1 aliphatic heterocycles. The fourth-order valence-corrected chi connectivity index (χ4v) is 3.18. The van der Waals surface area contributed by atoms with Crippen LogP contribution >= 0.6 is 0 Å². The first-order valence-corrected chi connectivity index (χ1v) is 6.77. The Balaban J connectivity index is 1.89. The van der Waals surface area contributed by atoms with E-state index in [1.807, 2.05) is 6.92 Å². The molecule has 1 fully saturated rings. The predicted octanol–water partition coefficient (Wildman–Crippen LogP) is 1.94. The molecule has 0 bridgehead atoms. The predicted molar refractivity (Wildman–Crippen MR) is 75.1 cm³/mol. The van der Waals surface area contributed by atoms with Crippen molar-refractivity contribution in [2.24, 2.45) is 11.8 Å². The van der Waals surface area contributed by atoms with Crippen molar-refractivity contribution in [1.29, 1.82) is 0 Å². The van der Waals surface area contributed by atoms with Gasteiger partial charge in [0.1, 0.15) is 5.60 Å². The van der Waals surface area contributed by atoms with E-state index in [0.717, 1.165) is 12.2 Å². The second kappa shape index (κ2) is 4.20. The van der Waals surface area contributed by atoms with Crippen molar-refractivity contribution in [2.75, 3.05) is 18.0 Å². The second-order valence-electron chi connectivity index (χ2n) is 5.84. The molecular formula is C16H19NO2. The first kappa shape index (κ1) is 12.4. The number of aliphatic hydroxyl groups is 1. The molecule has 3 nitrogen and oxygen atoms in total. The molecule has 100 valence electrons. The molecule has 2 aliphatic rings. The third kappa shape index (κ3) is 1.98. The van der Waals surface area contributed by atoms with Crippen LogP contribution in [-0.4, -0.2) is 29.6 Å². The molecule has 19 heavy (non-hydrogen) atoms. The van der Waals surface area contributed by atoms with Gasteiger partial charge in [0.15, 0.2) is 5.78 Å². The van der Waals surface area contributed by atoms with Crippen LogP contribution in [0.3, 0.4) is 0 Å². The van der Waals surface area contributed by atoms with E-state index in [4.69, 9.17) is 0 Å². The molecule has 1 heterocycles. The molecule has 3 atom stereocenters. The molecule has 1 aliphatic carbocycles. The highest BCUT2D eigenvalue weighted by Crippen LogP contribution is 2.39. The van der Waals surface area contributed by atoms with E-state index in [0.29, 0.717) is 6.54 Å². The summed E-state index contributed by atoms with van der Waals surface area (Å²) in [6, 6.07) is 8.30. The Morgan fingerprint density at radius 1 is 1.32 bits per heavy atom. The quantitative estimate of drug-likeness (QED) is 0.836. The van der Waals surface area contributed by atoms with Gasteiger partial charge in [0, 0.05) is 24.1 Å². The number of anilines is 1. The number of benzene rings is 1. The van der Waals surface area contributed by atoms with Gasteiger partial charge in [-0.3, -0.25) is 4.79 Å². The minimum atomic E-state index is -0.863. The molecule has 0 radical (unpaired) electrons. The molecule has 1 N–H and O–H groups in total. The van der Waals surface area contributed by atoms with Crippen LogP contribution in [0.15, 0.2) is 36.4 Å². The SMILES string of the molecule is Cc1ccc(N2CC3C(C)C(=O)C=CC3(O)C2)cc1. The topological polar surface area (TPSA) is 40.5 Å². The van der Waals surface area contributed by atoms with E-state index in [1.165, 1.54) is 5.56 Å². The summed E-state index contributed by atoms with van der Waals surface area (Å²) in [5, 5.41) is 10.7. The van der Waals surface area contributed by atoms with Crippen LogP contribution in [0.25, 0.3) is 0 Å². The fraction of sp³-hybridized carbons (Fsp3) is 0.438. The second-order valence-corrected chi connectivity index (χ2v) is 5.84. The van der Waals surface area contributed by atoms with Crippen molar-refractivity contribution in [3.63, 3.8) is 0 Å². The smallest absolute Gasteiger partial charge is 0.158 e. The van der Waals surface area contributed by atoms with Crippen molar-refractivity contribution in [1.82, 2.24) is 0 Å². The van der Waals surface area contributed by atoms with E-state index in [2.05, 4.69) is 36.1 Å². The van der Waals surface area contributed by atoms with Crippen LogP contribution in [0.4, 0.5) is 5.69 Å². The normalized spacial score (nSPS) is 33.6. The van der Waals surface area contributed by atoms with Crippen molar-refractivity contribution in [3.05, 3.63) is 42.0 Å². The van der Waals surface area contributed by atoms with Gasteiger partial charge in [-0.15, -0.1) is 0 Å². The van der Waals surface area contributed by atoms with Gasteiger partial charge in [0.2, 0.25) is 0 Å². The van der Waals surface area contributed by atoms with Gasteiger partial charge in [0.25, 0.3) is 0 Å². The average molecular weight is 257 g/mol. The molecule has 0 amide bonds. The molecule has 0 saturated carbocycles. The molecule has 3 rings (SSSR count). The summed E-state index contributed by atoms with van der Waals surface area (Å²) in [5.41, 5.74) is 1.47. The highest BCUT2D eigenvalue weighted by Gasteiger charge is 2.49. The summed E-state index contributed by atoms with van der Waals surface area (Å²) in [4.78, 5) is 13.9. The Morgan fingerprint density at radius 2 is 2.00 bits per heavy atom. The third-order valence-electron chi connectivity index (χ3n) is 4.49. The molecule has 0 aromatic heterocycles. The number of aryl methyl sites for hydroxylation is 1. The number of hydrogen-bond acceptors (Lipinski definition) is 3. The van der Waals surface area contributed by atoms with Gasteiger partial charge < -0.3 is 10.0 Å². The fourth-order valence-electron chi connectivity index (χ4n) is 3.18. The van der Waals surface area contributed by atoms with Gasteiger partial charge >= 0.3 is 0 Å². The lowest BCUT2D eigenvalue weighted by atomic mass is 9.75. The molecule has 0 spiro atoms. The number of rotatable bonds is 1. The monoisotopic (exact) mass is 257 g/mol. The van der Waals surface area contributed by atoms with Crippen molar-refractivity contribution in [3.8, 4) is 0 Å². The maximum atomic E-state index is 11.8.